The Labute approximate surface area is 80.3 Å². The molecule has 74 valence electrons. The van der Waals surface area contributed by atoms with Crippen LogP contribution in [0.1, 0.15) is 12.0 Å². The Kier molecular flexibility index (Phi) is 3.95. The first-order valence-electron chi connectivity index (χ1n) is 4.21. The lowest BCUT2D eigenvalue weighted by molar-refractivity contribution is 0.561. The third-order valence-electron chi connectivity index (χ3n) is 1.79. The fourth-order valence-electron chi connectivity index (χ4n) is 1.13. The largest absolute Gasteiger partial charge is 0.234 e. The average Bonchev–Trinajstić information content (AvgIpc) is 2.18. The first kappa shape index (κ1) is 10.5. The molecule has 0 N–H and O–H groups in total. The van der Waals surface area contributed by atoms with Crippen LogP contribution in [0.3, 0.4) is 0 Å². The molecule has 0 saturated heterocycles. The molecule has 0 saturated carbocycles. The highest BCUT2D eigenvalue weighted by atomic mass is 19.1. The second kappa shape index (κ2) is 5.25. The summed E-state index contributed by atoms with van der Waals surface area (Å²) in [5.41, 5.74) is 0.311. The van der Waals surface area contributed by atoms with E-state index in [0.29, 0.717) is 24.9 Å². The number of carbonyl (C=O) groups excluding carboxylic acids is 1. The maximum Gasteiger partial charge on any atom is 0.234 e. The van der Waals surface area contributed by atoms with Crippen LogP contribution in [0.15, 0.2) is 23.2 Å². The Morgan fingerprint density at radius 1 is 1.36 bits per heavy atom. The fraction of sp³-hybridized carbons (Fsp3) is 0.300. The summed E-state index contributed by atoms with van der Waals surface area (Å²) in [6, 6.07) is 3.32. The molecule has 0 spiro atoms. The fourth-order valence-corrected chi connectivity index (χ4v) is 1.13. The molecule has 0 fully saturated rings. The Morgan fingerprint density at radius 3 is 2.86 bits per heavy atom. The molecule has 2 nitrogen and oxygen atoms in total. The third-order valence-corrected chi connectivity index (χ3v) is 1.79. The SMILES string of the molecule is O=C=NCCCc1cc(F)ccc1F. The molecule has 0 amide bonds. The second-order valence-corrected chi connectivity index (χ2v) is 2.81. The first-order valence-corrected chi connectivity index (χ1v) is 4.21. The smallest absolute Gasteiger partial charge is 0.211 e. The summed E-state index contributed by atoms with van der Waals surface area (Å²) in [5, 5.41) is 0. The van der Waals surface area contributed by atoms with Gasteiger partial charge in [-0.25, -0.2) is 18.6 Å². The molecule has 1 aromatic rings. The highest BCUT2D eigenvalue weighted by Crippen LogP contribution is 2.11. The monoisotopic (exact) mass is 197 g/mol. The van der Waals surface area contributed by atoms with Crippen LogP contribution in [0, 0.1) is 11.6 Å². The van der Waals surface area contributed by atoms with E-state index in [1.165, 1.54) is 6.08 Å². The van der Waals surface area contributed by atoms with Crippen LogP contribution in [-0.4, -0.2) is 12.6 Å². The van der Waals surface area contributed by atoms with Gasteiger partial charge in [0.25, 0.3) is 0 Å². The number of rotatable bonds is 4. The van der Waals surface area contributed by atoms with Crippen LogP contribution in [0.5, 0.6) is 0 Å². The second-order valence-electron chi connectivity index (χ2n) is 2.81. The van der Waals surface area contributed by atoms with Crippen LogP contribution in [0.2, 0.25) is 0 Å². The molecule has 0 radical (unpaired) electrons. The summed E-state index contributed by atoms with van der Waals surface area (Å²) in [7, 11) is 0. The van der Waals surface area contributed by atoms with Crippen molar-refractivity contribution in [1.29, 1.82) is 0 Å². The molecule has 1 aromatic carbocycles. The zero-order chi connectivity index (χ0) is 10.4. The van der Waals surface area contributed by atoms with Gasteiger partial charge in [-0.2, -0.15) is 0 Å². The van der Waals surface area contributed by atoms with Crippen molar-refractivity contribution in [3.63, 3.8) is 0 Å². The zero-order valence-corrected chi connectivity index (χ0v) is 7.46. The molecule has 0 heterocycles. The number of hydrogen-bond donors (Lipinski definition) is 0. The highest BCUT2D eigenvalue weighted by molar-refractivity contribution is 5.32. The molecule has 0 aromatic heterocycles. The number of benzene rings is 1. The van der Waals surface area contributed by atoms with Crippen molar-refractivity contribution in [1.82, 2.24) is 0 Å². The number of aliphatic imine (C=N–C) groups is 1. The Hall–Kier alpha value is -1.54. The van der Waals surface area contributed by atoms with Crippen LogP contribution in [0.4, 0.5) is 8.78 Å². The number of isocyanates is 1. The van der Waals surface area contributed by atoms with Crippen molar-refractivity contribution in [2.75, 3.05) is 6.54 Å². The van der Waals surface area contributed by atoms with Gasteiger partial charge >= 0.3 is 0 Å². The van der Waals surface area contributed by atoms with Gasteiger partial charge in [-0.15, -0.1) is 0 Å². The van der Waals surface area contributed by atoms with E-state index in [2.05, 4.69) is 4.99 Å². The molecule has 0 aliphatic rings. The van der Waals surface area contributed by atoms with Gasteiger partial charge in [0.05, 0.1) is 6.54 Å². The van der Waals surface area contributed by atoms with Crippen molar-refractivity contribution < 1.29 is 13.6 Å². The molecule has 0 atom stereocenters. The molecule has 0 aliphatic carbocycles. The highest BCUT2D eigenvalue weighted by Gasteiger charge is 2.02. The van der Waals surface area contributed by atoms with Gasteiger partial charge in [0, 0.05) is 0 Å². The predicted octanol–water partition coefficient (Wildman–Crippen LogP) is 2.23. The number of hydrogen-bond acceptors (Lipinski definition) is 2. The first-order chi connectivity index (χ1) is 6.74. The third kappa shape index (κ3) is 3.07. The minimum atomic E-state index is -0.458. The van der Waals surface area contributed by atoms with E-state index < -0.39 is 11.6 Å². The van der Waals surface area contributed by atoms with Gasteiger partial charge in [-0.05, 0) is 36.6 Å². The summed E-state index contributed by atoms with van der Waals surface area (Å²) in [6.07, 6.45) is 2.27. The van der Waals surface area contributed by atoms with Gasteiger partial charge in [0.2, 0.25) is 6.08 Å². The summed E-state index contributed by atoms with van der Waals surface area (Å²) < 4.78 is 25.7. The molecular weight excluding hydrogens is 188 g/mol. The molecule has 0 aliphatic heterocycles. The average molecular weight is 197 g/mol. The maximum absolute atomic E-state index is 13.0. The Balaban J connectivity index is 2.57. The van der Waals surface area contributed by atoms with E-state index in [1.54, 1.807) is 0 Å². The predicted molar refractivity (Wildman–Crippen MR) is 47.7 cm³/mol. The van der Waals surface area contributed by atoms with Crippen LogP contribution < -0.4 is 0 Å². The number of halogens is 2. The van der Waals surface area contributed by atoms with E-state index in [4.69, 9.17) is 0 Å². The van der Waals surface area contributed by atoms with Crippen molar-refractivity contribution in [2.45, 2.75) is 12.8 Å². The lowest BCUT2D eigenvalue weighted by Crippen LogP contribution is -1.93. The Morgan fingerprint density at radius 2 is 2.14 bits per heavy atom. The number of aryl methyl sites for hydroxylation is 1. The van der Waals surface area contributed by atoms with Crippen LogP contribution >= 0.6 is 0 Å². The molecule has 4 heteroatoms. The Bertz CT molecular complexity index is 359. The zero-order valence-electron chi connectivity index (χ0n) is 7.46. The van der Waals surface area contributed by atoms with Crippen molar-refractivity contribution >= 4 is 6.08 Å². The van der Waals surface area contributed by atoms with E-state index in [9.17, 15) is 13.6 Å². The van der Waals surface area contributed by atoms with Gasteiger partial charge in [-0.3, -0.25) is 0 Å². The van der Waals surface area contributed by atoms with Crippen molar-refractivity contribution in [3.8, 4) is 0 Å². The summed E-state index contributed by atoms with van der Waals surface area (Å²) >= 11 is 0. The summed E-state index contributed by atoms with van der Waals surface area (Å²) in [6.45, 7) is 0.291. The molecule has 14 heavy (non-hydrogen) atoms. The number of nitrogens with zero attached hydrogens (tertiary/aromatic N) is 1. The molecule has 0 bridgehead atoms. The lowest BCUT2D eigenvalue weighted by atomic mass is 10.1. The van der Waals surface area contributed by atoms with Gasteiger partial charge in [0.15, 0.2) is 0 Å². The normalized spacial score (nSPS) is 9.57. The quantitative estimate of drug-likeness (QED) is 0.413. The maximum atomic E-state index is 13.0. The van der Waals surface area contributed by atoms with Gasteiger partial charge in [0.1, 0.15) is 11.6 Å². The lowest BCUT2D eigenvalue weighted by Gasteiger charge is -2.00. The topological polar surface area (TPSA) is 29.4 Å². The van der Waals surface area contributed by atoms with Gasteiger partial charge in [-0.1, -0.05) is 0 Å². The van der Waals surface area contributed by atoms with Crippen LogP contribution in [-0.2, 0) is 11.2 Å². The molecular formula is C10H9F2NO. The summed E-state index contributed by atoms with van der Waals surface area (Å²) in [4.78, 5) is 13.0. The molecule has 0 unspecified atom stereocenters. The molecule has 1 rings (SSSR count). The standard InChI is InChI=1S/C10H9F2NO/c11-9-3-4-10(12)8(6-9)2-1-5-13-7-14/h3-4,6H,1-2,5H2. The van der Waals surface area contributed by atoms with E-state index >= 15 is 0 Å². The van der Waals surface area contributed by atoms with E-state index in [-0.39, 0.29) is 0 Å². The van der Waals surface area contributed by atoms with E-state index in [0.717, 1.165) is 18.2 Å². The van der Waals surface area contributed by atoms with E-state index in [1.807, 2.05) is 0 Å². The minimum Gasteiger partial charge on any atom is -0.211 e. The van der Waals surface area contributed by atoms with Crippen molar-refractivity contribution in [3.05, 3.63) is 35.4 Å². The van der Waals surface area contributed by atoms with Gasteiger partial charge < -0.3 is 0 Å². The summed E-state index contributed by atoms with van der Waals surface area (Å²) in [5.74, 6) is -0.887. The van der Waals surface area contributed by atoms with Crippen molar-refractivity contribution in [2.24, 2.45) is 4.99 Å². The minimum absolute atomic E-state index is 0.291. The van der Waals surface area contributed by atoms with Crippen LogP contribution in [0.25, 0.3) is 0 Å².